The van der Waals surface area contributed by atoms with Crippen LogP contribution in [0.2, 0.25) is 10.0 Å². The fraction of sp³-hybridized carbons (Fsp3) is 0.312. The highest BCUT2D eigenvalue weighted by molar-refractivity contribution is 6.42. The second-order valence-corrected chi connectivity index (χ2v) is 6.25. The first-order chi connectivity index (χ1) is 11.6. The average molecular weight is 367 g/mol. The molecule has 0 radical (unpaired) electrons. The lowest BCUT2D eigenvalue weighted by molar-refractivity contribution is 0.102. The van der Waals surface area contributed by atoms with E-state index in [1.54, 1.807) is 41.7 Å². The molecule has 6 nitrogen and oxygen atoms in total. The predicted octanol–water partition coefficient (Wildman–Crippen LogP) is 3.86. The summed E-state index contributed by atoms with van der Waals surface area (Å²) >= 11 is 11.8. The van der Waals surface area contributed by atoms with Crippen LogP contribution in [0.3, 0.4) is 0 Å². The molecule has 1 aromatic carbocycles. The first-order valence-corrected chi connectivity index (χ1v) is 8.31. The largest absolute Gasteiger partial charge is 0.471 e. The maximum Gasteiger partial charge on any atom is 0.321 e. The van der Waals surface area contributed by atoms with Crippen molar-refractivity contribution in [3.8, 4) is 5.88 Å². The SMILES string of the molecule is O=C(Nc1ccc(Cl)c(Cl)c1)N1CCCC(Oc2cnccn2)C1. The summed E-state index contributed by atoms with van der Waals surface area (Å²) in [6.07, 6.45) is 6.36. The van der Waals surface area contributed by atoms with E-state index in [1.165, 1.54) is 0 Å². The Labute approximate surface area is 149 Å². The van der Waals surface area contributed by atoms with E-state index in [-0.39, 0.29) is 12.1 Å². The van der Waals surface area contributed by atoms with Crippen LogP contribution in [0.1, 0.15) is 12.8 Å². The number of hydrogen-bond donors (Lipinski definition) is 1. The average Bonchev–Trinajstić information content (AvgIpc) is 2.59. The maximum absolute atomic E-state index is 12.4. The zero-order valence-corrected chi connectivity index (χ0v) is 14.3. The molecule has 126 valence electrons. The van der Waals surface area contributed by atoms with Crippen LogP contribution < -0.4 is 10.1 Å². The number of hydrogen-bond acceptors (Lipinski definition) is 4. The molecule has 1 fully saturated rings. The Morgan fingerprint density at radius 1 is 1.29 bits per heavy atom. The number of amides is 2. The van der Waals surface area contributed by atoms with Crippen LogP contribution in [0.5, 0.6) is 5.88 Å². The van der Waals surface area contributed by atoms with Crippen LogP contribution in [0.4, 0.5) is 10.5 Å². The molecule has 1 aliphatic heterocycles. The molecule has 1 N–H and O–H groups in total. The van der Waals surface area contributed by atoms with Crippen molar-refractivity contribution in [2.75, 3.05) is 18.4 Å². The van der Waals surface area contributed by atoms with Crippen molar-refractivity contribution in [2.45, 2.75) is 18.9 Å². The summed E-state index contributed by atoms with van der Waals surface area (Å²) in [5, 5.41) is 3.67. The van der Waals surface area contributed by atoms with Crippen LogP contribution >= 0.6 is 23.2 Å². The molecule has 1 aliphatic rings. The third kappa shape index (κ3) is 4.27. The lowest BCUT2D eigenvalue weighted by Crippen LogP contribution is -2.46. The number of carbonyl (C=O) groups excluding carboxylic acids is 1. The Kier molecular flexibility index (Phi) is 5.37. The minimum Gasteiger partial charge on any atom is -0.471 e. The third-order valence-electron chi connectivity index (χ3n) is 3.66. The van der Waals surface area contributed by atoms with E-state index in [9.17, 15) is 4.79 Å². The highest BCUT2D eigenvalue weighted by Crippen LogP contribution is 2.25. The van der Waals surface area contributed by atoms with Gasteiger partial charge in [0.1, 0.15) is 6.10 Å². The van der Waals surface area contributed by atoms with E-state index in [0.29, 0.717) is 34.7 Å². The summed E-state index contributed by atoms with van der Waals surface area (Å²) in [6.45, 7) is 1.16. The van der Waals surface area contributed by atoms with Gasteiger partial charge >= 0.3 is 6.03 Å². The molecule has 2 aromatic rings. The number of carbonyl (C=O) groups is 1. The summed E-state index contributed by atoms with van der Waals surface area (Å²) in [4.78, 5) is 22.2. The molecule has 0 spiro atoms. The molecule has 24 heavy (non-hydrogen) atoms. The Morgan fingerprint density at radius 2 is 2.17 bits per heavy atom. The minimum absolute atomic E-state index is 0.102. The summed E-state index contributed by atoms with van der Waals surface area (Å²) in [7, 11) is 0. The molecular weight excluding hydrogens is 351 g/mol. The summed E-state index contributed by atoms with van der Waals surface area (Å²) < 4.78 is 5.79. The minimum atomic E-state index is -0.194. The van der Waals surface area contributed by atoms with Gasteiger partial charge in [0, 0.05) is 24.6 Å². The number of halogens is 2. The fourth-order valence-corrected chi connectivity index (χ4v) is 2.81. The number of aromatic nitrogens is 2. The second-order valence-electron chi connectivity index (χ2n) is 5.43. The van der Waals surface area contributed by atoms with Crippen LogP contribution in [-0.4, -0.2) is 40.1 Å². The number of nitrogens with one attached hydrogen (secondary N) is 1. The van der Waals surface area contributed by atoms with Crippen molar-refractivity contribution in [3.05, 3.63) is 46.8 Å². The van der Waals surface area contributed by atoms with Gasteiger partial charge in [0.25, 0.3) is 0 Å². The Bertz CT molecular complexity index is 714. The van der Waals surface area contributed by atoms with Gasteiger partial charge < -0.3 is 15.0 Å². The topological polar surface area (TPSA) is 67.4 Å². The van der Waals surface area contributed by atoms with E-state index in [1.807, 2.05) is 0 Å². The first kappa shape index (κ1) is 16.8. The number of likely N-dealkylation sites (tertiary alicyclic amines) is 1. The smallest absolute Gasteiger partial charge is 0.321 e. The van der Waals surface area contributed by atoms with Crippen LogP contribution in [0.15, 0.2) is 36.8 Å². The highest BCUT2D eigenvalue weighted by atomic mass is 35.5. The molecule has 2 heterocycles. The molecule has 1 atom stereocenters. The van der Waals surface area contributed by atoms with Crippen molar-refractivity contribution in [2.24, 2.45) is 0 Å². The zero-order valence-electron chi connectivity index (χ0n) is 12.8. The number of piperidine rings is 1. The standard InChI is InChI=1S/C16H16Cl2N4O2/c17-13-4-3-11(8-14(13)18)21-16(23)22-7-1-2-12(10-22)24-15-9-19-5-6-20-15/h3-6,8-9,12H,1-2,7,10H2,(H,21,23). The molecule has 0 aliphatic carbocycles. The normalized spacial score (nSPS) is 17.4. The van der Waals surface area contributed by atoms with Crippen LogP contribution in [0, 0.1) is 0 Å². The van der Waals surface area contributed by atoms with E-state index >= 15 is 0 Å². The van der Waals surface area contributed by atoms with E-state index in [4.69, 9.17) is 27.9 Å². The van der Waals surface area contributed by atoms with Crippen molar-refractivity contribution < 1.29 is 9.53 Å². The fourth-order valence-electron chi connectivity index (χ4n) is 2.51. The van der Waals surface area contributed by atoms with Crippen LogP contribution in [-0.2, 0) is 0 Å². The molecule has 1 unspecified atom stereocenters. The number of ether oxygens (including phenoxy) is 1. The van der Waals surface area contributed by atoms with Gasteiger partial charge in [-0.2, -0.15) is 0 Å². The molecular formula is C16H16Cl2N4O2. The monoisotopic (exact) mass is 366 g/mol. The van der Waals surface area contributed by atoms with Crippen LogP contribution in [0.25, 0.3) is 0 Å². The van der Waals surface area contributed by atoms with Gasteiger partial charge in [0.05, 0.1) is 22.8 Å². The zero-order chi connectivity index (χ0) is 16.9. The predicted molar refractivity (Wildman–Crippen MR) is 92.7 cm³/mol. The van der Waals surface area contributed by atoms with Gasteiger partial charge in [-0.15, -0.1) is 0 Å². The second kappa shape index (κ2) is 7.68. The van der Waals surface area contributed by atoms with Gasteiger partial charge in [-0.3, -0.25) is 4.98 Å². The molecule has 0 saturated carbocycles. The number of benzene rings is 1. The van der Waals surface area contributed by atoms with E-state index in [2.05, 4.69) is 15.3 Å². The Balaban J connectivity index is 1.59. The number of nitrogens with zero attached hydrogens (tertiary/aromatic N) is 3. The molecule has 1 aromatic heterocycles. The van der Waals surface area contributed by atoms with Crippen molar-refractivity contribution in [1.82, 2.24) is 14.9 Å². The van der Waals surface area contributed by atoms with Gasteiger partial charge in [0.2, 0.25) is 5.88 Å². The summed E-state index contributed by atoms with van der Waals surface area (Å²) in [5.41, 5.74) is 0.603. The summed E-state index contributed by atoms with van der Waals surface area (Å²) in [6, 6.07) is 4.79. The van der Waals surface area contributed by atoms with Crippen molar-refractivity contribution >= 4 is 34.9 Å². The van der Waals surface area contributed by atoms with E-state index in [0.717, 1.165) is 12.8 Å². The lowest BCUT2D eigenvalue weighted by atomic mass is 10.1. The lowest BCUT2D eigenvalue weighted by Gasteiger charge is -2.32. The highest BCUT2D eigenvalue weighted by Gasteiger charge is 2.25. The van der Waals surface area contributed by atoms with Gasteiger partial charge in [0.15, 0.2) is 0 Å². The van der Waals surface area contributed by atoms with E-state index < -0.39 is 0 Å². The first-order valence-electron chi connectivity index (χ1n) is 7.55. The summed E-state index contributed by atoms with van der Waals surface area (Å²) in [5.74, 6) is 0.467. The number of rotatable bonds is 3. The molecule has 8 heteroatoms. The molecule has 2 amide bonds. The molecule has 0 bridgehead atoms. The number of urea groups is 1. The van der Waals surface area contributed by atoms with Crippen molar-refractivity contribution in [1.29, 1.82) is 0 Å². The van der Waals surface area contributed by atoms with Gasteiger partial charge in [-0.25, -0.2) is 9.78 Å². The molecule has 3 rings (SSSR count). The Morgan fingerprint density at radius 3 is 2.92 bits per heavy atom. The van der Waals surface area contributed by atoms with Crippen molar-refractivity contribution in [3.63, 3.8) is 0 Å². The number of anilines is 1. The van der Waals surface area contributed by atoms with Gasteiger partial charge in [-0.1, -0.05) is 23.2 Å². The third-order valence-corrected chi connectivity index (χ3v) is 4.40. The van der Waals surface area contributed by atoms with Gasteiger partial charge in [-0.05, 0) is 31.0 Å². The Hall–Kier alpha value is -2.05. The quantitative estimate of drug-likeness (QED) is 0.895. The molecule has 1 saturated heterocycles. The maximum atomic E-state index is 12.4.